The number of carbonyl (C=O) groups is 2. The summed E-state index contributed by atoms with van der Waals surface area (Å²) in [4.78, 5) is 19.5. The topological polar surface area (TPSA) is 127 Å². The molecule has 2 unspecified atom stereocenters. The van der Waals surface area contributed by atoms with E-state index in [2.05, 4.69) is 19.2 Å². The van der Waals surface area contributed by atoms with Crippen LogP contribution in [0.1, 0.15) is 26.7 Å². The Morgan fingerprint density at radius 2 is 1.24 bits per heavy atom. The number of carboxylic acid groups (broad SMARTS) is 2. The highest BCUT2D eigenvalue weighted by atomic mass is 16.4. The Morgan fingerprint density at radius 1 is 0.941 bits per heavy atom. The maximum atomic E-state index is 9.77. The lowest BCUT2D eigenvalue weighted by Crippen LogP contribution is -2.39. The van der Waals surface area contributed by atoms with E-state index in [0.717, 1.165) is 0 Å². The first kappa shape index (κ1) is 18.2. The summed E-state index contributed by atoms with van der Waals surface area (Å²) in [6.07, 6.45) is -2.03. The Morgan fingerprint density at radius 3 is 1.41 bits per heavy atom. The third-order valence-electron chi connectivity index (χ3n) is 1.66. The quantitative estimate of drug-likeness (QED) is 0.377. The zero-order valence-electron chi connectivity index (χ0n) is 10.1. The lowest BCUT2D eigenvalue weighted by molar-refractivity contribution is -0.165. The van der Waals surface area contributed by atoms with Crippen LogP contribution in [0.25, 0.3) is 0 Å². The van der Waals surface area contributed by atoms with Crippen molar-refractivity contribution in [3.05, 3.63) is 0 Å². The van der Waals surface area contributed by atoms with E-state index in [-0.39, 0.29) is 0 Å². The molecule has 0 saturated heterocycles. The summed E-state index contributed by atoms with van der Waals surface area (Å²) >= 11 is 0. The van der Waals surface area contributed by atoms with Gasteiger partial charge in [-0.25, -0.2) is 9.59 Å². The predicted octanol–water partition coefficient (Wildman–Crippen LogP) is -0.727. The zero-order chi connectivity index (χ0) is 13.8. The van der Waals surface area contributed by atoms with Crippen LogP contribution in [0.2, 0.25) is 0 Å². The van der Waals surface area contributed by atoms with Crippen molar-refractivity contribution in [2.45, 2.75) is 38.9 Å². The van der Waals surface area contributed by atoms with E-state index < -0.39 is 24.1 Å². The Hall–Kier alpha value is -1.18. The summed E-state index contributed by atoms with van der Waals surface area (Å²) in [5.41, 5.74) is 0. The van der Waals surface area contributed by atoms with Gasteiger partial charge in [0.1, 0.15) is 0 Å². The van der Waals surface area contributed by atoms with Crippen LogP contribution in [0.4, 0.5) is 0 Å². The van der Waals surface area contributed by atoms with Gasteiger partial charge in [-0.05, 0) is 25.9 Å². The van der Waals surface area contributed by atoms with E-state index in [9.17, 15) is 9.59 Å². The first-order valence-electron chi connectivity index (χ1n) is 5.40. The molecule has 7 nitrogen and oxygen atoms in total. The van der Waals surface area contributed by atoms with Crippen LogP contribution in [0, 0.1) is 0 Å². The number of aliphatic hydroxyl groups is 2. The monoisotopic (exact) mass is 251 g/mol. The zero-order valence-corrected chi connectivity index (χ0v) is 10.1. The molecular formula is C10H21NO6. The SMILES string of the molecule is CCCNCCC.O=C(O)C(O)C(O)C(=O)O. The van der Waals surface area contributed by atoms with Crippen molar-refractivity contribution in [3.8, 4) is 0 Å². The number of carboxylic acids is 2. The van der Waals surface area contributed by atoms with Crippen molar-refractivity contribution in [1.82, 2.24) is 5.32 Å². The third kappa shape index (κ3) is 11.1. The lowest BCUT2D eigenvalue weighted by atomic mass is 10.2. The smallest absolute Gasteiger partial charge is 0.335 e. The van der Waals surface area contributed by atoms with Gasteiger partial charge in [-0.3, -0.25) is 0 Å². The highest BCUT2D eigenvalue weighted by Gasteiger charge is 2.29. The van der Waals surface area contributed by atoms with Crippen molar-refractivity contribution < 1.29 is 30.0 Å². The molecule has 7 heteroatoms. The van der Waals surface area contributed by atoms with Crippen LogP contribution >= 0.6 is 0 Å². The van der Waals surface area contributed by atoms with Gasteiger partial charge in [-0.2, -0.15) is 0 Å². The van der Waals surface area contributed by atoms with E-state index >= 15 is 0 Å². The van der Waals surface area contributed by atoms with Gasteiger partial charge in [-0.1, -0.05) is 13.8 Å². The van der Waals surface area contributed by atoms with E-state index in [1.807, 2.05) is 0 Å². The van der Waals surface area contributed by atoms with Crippen molar-refractivity contribution >= 4 is 11.9 Å². The largest absolute Gasteiger partial charge is 0.479 e. The summed E-state index contributed by atoms with van der Waals surface area (Å²) in [5.74, 6) is -3.54. The van der Waals surface area contributed by atoms with E-state index in [4.69, 9.17) is 20.4 Å². The van der Waals surface area contributed by atoms with E-state index in [0.29, 0.717) is 0 Å². The number of aliphatic carboxylic acids is 2. The maximum Gasteiger partial charge on any atom is 0.335 e. The van der Waals surface area contributed by atoms with Gasteiger partial charge >= 0.3 is 11.9 Å². The number of nitrogens with one attached hydrogen (secondary N) is 1. The van der Waals surface area contributed by atoms with Gasteiger partial charge in [0.05, 0.1) is 0 Å². The number of hydrogen-bond acceptors (Lipinski definition) is 5. The molecule has 0 bridgehead atoms. The molecule has 102 valence electrons. The molecule has 0 aromatic carbocycles. The first-order chi connectivity index (χ1) is 7.88. The Balaban J connectivity index is 0. The summed E-state index contributed by atoms with van der Waals surface area (Å²) < 4.78 is 0. The fourth-order valence-corrected chi connectivity index (χ4v) is 0.749. The van der Waals surface area contributed by atoms with Crippen LogP contribution in [0.15, 0.2) is 0 Å². The molecule has 17 heavy (non-hydrogen) atoms. The van der Waals surface area contributed by atoms with Gasteiger partial charge < -0.3 is 25.7 Å². The Labute approximate surface area is 100 Å². The molecule has 2 atom stereocenters. The molecule has 5 N–H and O–H groups in total. The van der Waals surface area contributed by atoms with Gasteiger partial charge in [0.25, 0.3) is 0 Å². The Kier molecular flexibility index (Phi) is 12.1. The Bertz CT molecular complexity index is 199. The molecule has 0 aliphatic heterocycles. The minimum absolute atomic E-state index is 1.17. The maximum absolute atomic E-state index is 9.77. The lowest BCUT2D eigenvalue weighted by Gasteiger charge is -2.07. The summed E-state index contributed by atoms with van der Waals surface area (Å²) in [5, 5.41) is 35.8. The third-order valence-corrected chi connectivity index (χ3v) is 1.66. The van der Waals surface area contributed by atoms with Gasteiger partial charge in [0.2, 0.25) is 0 Å². The molecule has 0 spiro atoms. The normalized spacial score (nSPS) is 13.2. The minimum atomic E-state index is -2.27. The van der Waals surface area contributed by atoms with E-state index in [1.54, 1.807) is 0 Å². The highest BCUT2D eigenvalue weighted by molar-refractivity contribution is 5.83. The number of aliphatic hydroxyl groups excluding tert-OH is 2. The van der Waals surface area contributed by atoms with Gasteiger partial charge in [0, 0.05) is 0 Å². The van der Waals surface area contributed by atoms with Crippen LogP contribution < -0.4 is 5.32 Å². The summed E-state index contributed by atoms with van der Waals surface area (Å²) in [6, 6.07) is 0. The van der Waals surface area contributed by atoms with E-state index in [1.165, 1.54) is 25.9 Å². The molecule has 0 heterocycles. The van der Waals surface area contributed by atoms with Crippen molar-refractivity contribution in [1.29, 1.82) is 0 Å². The van der Waals surface area contributed by atoms with Gasteiger partial charge in [0.15, 0.2) is 12.2 Å². The molecular weight excluding hydrogens is 230 g/mol. The second-order valence-corrected chi connectivity index (χ2v) is 3.32. The standard InChI is InChI=1S/C6H15N.C4H6O6/c1-3-5-7-6-4-2;5-1(3(7)8)2(6)4(9)10/h7H,3-6H2,1-2H3;1-2,5-6H,(H,7,8)(H,9,10). The van der Waals surface area contributed by atoms with Crippen molar-refractivity contribution in [2.24, 2.45) is 0 Å². The molecule has 0 aliphatic rings. The minimum Gasteiger partial charge on any atom is -0.479 e. The highest BCUT2D eigenvalue weighted by Crippen LogP contribution is 1.92. The molecule has 0 saturated carbocycles. The van der Waals surface area contributed by atoms with Crippen LogP contribution in [-0.2, 0) is 9.59 Å². The van der Waals surface area contributed by atoms with Crippen molar-refractivity contribution in [3.63, 3.8) is 0 Å². The fourth-order valence-electron chi connectivity index (χ4n) is 0.749. The molecule has 0 amide bonds. The molecule has 0 radical (unpaired) electrons. The second-order valence-electron chi connectivity index (χ2n) is 3.32. The molecule has 0 aromatic heterocycles. The number of hydrogen-bond donors (Lipinski definition) is 5. The molecule has 0 aromatic rings. The fraction of sp³-hybridized carbons (Fsp3) is 0.800. The summed E-state index contributed by atoms with van der Waals surface area (Å²) in [6.45, 7) is 6.72. The molecule has 0 aliphatic carbocycles. The first-order valence-corrected chi connectivity index (χ1v) is 5.40. The van der Waals surface area contributed by atoms with Crippen molar-refractivity contribution in [2.75, 3.05) is 13.1 Å². The average molecular weight is 251 g/mol. The van der Waals surface area contributed by atoms with Crippen LogP contribution in [-0.4, -0.2) is 57.7 Å². The molecule has 0 rings (SSSR count). The van der Waals surface area contributed by atoms with Crippen LogP contribution in [0.5, 0.6) is 0 Å². The predicted molar refractivity (Wildman–Crippen MR) is 60.7 cm³/mol. The summed E-state index contributed by atoms with van der Waals surface area (Å²) in [7, 11) is 0. The van der Waals surface area contributed by atoms with Crippen LogP contribution in [0.3, 0.4) is 0 Å². The molecule has 0 fully saturated rings. The van der Waals surface area contributed by atoms with Gasteiger partial charge in [-0.15, -0.1) is 0 Å². The average Bonchev–Trinajstić information content (AvgIpc) is 2.28. The second kappa shape index (κ2) is 11.3. The number of rotatable bonds is 7.